The van der Waals surface area contributed by atoms with Gasteiger partial charge in [0, 0.05) is 10.3 Å². The van der Waals surface area contributed by atoms with Crippen LogP contribution in [0.15, 0.2) is 44.2 Å². The fraction of sp³-hybridized carbons (Fsp3) is 0. The summed E-state index contributed by atoms with van der Waals surface area (Å²) < 4.78 is 36.3. The highest BCUT2D eigenvalue weighted by atomic mass is 32.2. The van der Waals surface area contributed by atoms with Gasteiger partial charge >= 0.3 is 0 Å². The van der Waals surface area contributed by atoms with E-state index in [2.05, 4.69) is 19.5 Å². The normalized spacial score (nSPS) is 12.3. The molecule has 0 atom stereocenters. The van der Waals surface area contributed by atoms with Crippen LogP contribution < -0.4 is 0 Å². The van der Waals surface area contributed by atoms with Gasteiger partial charge in [-0.1, -0.05) is 5.04 Å². The van der Waals surface area contributed by atoms with Crippen molar-refractivity contribution in [2.24, 2.45) is 10.1 Å². The summed E-state index contributed by atoms with van der Waals surface area (Å²) in [6, 6.07) is 5.45. The average molecular weight is 342 g/mol. The Morgan fingerprint density at radius 3 is 2.59 bits per heavy atom. The highest BCUT2D eigenvalue weighted by Crippen LogP contribution is 2.41. The van der Waals surface area contributed by atoms with Gasteiger partial charge in [0.05, 0.1) is 12.0 Å². The predicted octanol–water partition coefficient (Wildman–Crippen LogP) is 2.39. The topological polar surface area (TPSA) is 138 Å². The predicted molar refractivity (Wildman–Crippen MR) is 76.4 cm³/mol. The first-order chi connectivity index (χ1) is 10.4. The maximum Gasteiger partial charge on any atom is 0.296 e. The Bertz CT molecular complexity index is 841. The second kappa shape index (κ2) is 6.60. The molecule has 2 radical (unpaired) electrons. The molecule has 2 aromatic rings. The van der Waals surface area contributed by atoms with Crippen molar-refractivity contribution in [3.63, 3.8) is 0 Å². The molecule has 12 heteroatoms. The number of benzene rings is 2. The van der Waals surface area contributed by atoms with Gasteiger partial charge in [0.1, 0.15) is 10.6 Å². The lowest BCUT2D eigenvalue weighted by atomic mass is 10.1. The molecule has 0 aliphatic heterocycles. The SMILES string of the molecule is [B]N=Nc1c(S(=O)(=O)O)cc2cc(SOOO)ccc2c1O. The smallest absolute Gasteiger partial charge is 0.296 e. The van der Waals surface area contributed by atoms with Gasteiger partial charge < -0.3 is 5.11 Å². The van der Waals surface area contributed by atoms with Crippen molar-refractivity contribution in [1.82, 2.24) is 0 Å². The van der Waals surface area contributed by atoms with E-state index in [1.54, 1.807) is 0 Å². The van der Waals surface area contributed by atoms with Crippen LogP contribution in [0.1, 0.15) is 0 Å². The number of rotatable bonds is 5. The number of hydrogen-bond acceptors (Lipinski definition) is 9. The summed E-state index contributed by atoms with van der Waals surface area (Å²) in [6.07, 6.45) is 0. The summed E-state index contributed by atoms with van der Waals surface area (Å²) in [5.74, 6) is -0.518. The van der Waals surface area contributed by atoms with Crippen molar-refractivity contribution in [3.8, 4) is 5.75 Å². The summed E-state index contributed by atoms with van der Waals surface area (Å²) in [4.78, 5) is -0.233. The Hall–Kier alpha value is -1.70. The molecule has 2 aromatic carbocycles. The summed E-state index contributed by atoms with van der Waals surface area (Å²) >= 11 is 0.641. The molecule has 0 heterocycles. The Morgan fingerprint density at radius 1 is 1.27 bits per heavy atom. The second-order valence-corrected chi connectivity index (χ2v) is 6.04. The van der Waals surface area contributed by atoms with Crippen LogP contribution in [0.3, 0.4) is 0 Å². The van der Waals surface area contributed by atoms with Crippen molar-refractivity contribution >= 4 is 46.6 Å². The van der Waals surface area contributed by atoms with E-state index in [0.29, 0.717) is 16.9 Å². The van der Waals surface area contributed by atoms with Crippen molar-refractivity contribution in [3.05, 3.63) is 24.3 Å². The van der Waals surface area contributed by atoms with Gasteiger partial charge in [-0.3, -0.25) is 9.58 Å². The Labute approximate surface area is 129 Å². The molecule has 0 aliphatic rings. The largest absolute Gasteiger partial charge is 0.505 e. The zero-order chi connectivity index (χ0) is 16.3. The minimum absolute atomic E-state index is 0.240. The molecule has 0 aromatic heterocycles. The molecule has 22 heavy (non-hydrogen) atoms. The molecule has 0 fully saturated rings. The second-order valence-electron chi connectivity index (χ2n) is 3.87. The maximum absolute atomic E-state index is 11.4. The summed E-state index contributed by atoms with van der Waals surface area (Å²) in [5.41, 5.74) is -0.479. The van der Waals surface area contributed by atoms with Crippen molar-refractivity contribution in [1.29, 1.82) is 0 Å². The lowest BCUT2D eigenvalue weighted by molar-refractivity contribution is -0.432. The number of fused-ring (bicyclic) bond motifs is 1. The third-order valence-corrected chi connectivity index (χ3v) is 4.06. The molecule has 0 amide bonds. The molecule has 0 aliphatic carbocycles. The summed E-state index contributed by atoms with van der Waals surface area (Å²) in [7, 11) is 0.207. The fourth-order valence-electron chi connectivity index (χ4n) is 1.79. The van der Waals surface area contributed by atoms with Gasteiger partial charge in [-0.15, -0.1) is 4.33 Å². The Kier molecular flexibility index (Phi) is 5.00. The van der Waals surface area contributed by atoms with E-state index in [-0.39, 0.29) is 10.8 Å². The van der Waals surface area contributed by atoms with E-state index < -0.39 is 26.5 Å². The van der Waals surface area contributed by atoms with Gasteiger partial charge in [0.2, 0.25) is 0 Å². The van der Waals surface area contributed by atoms with Gasteiger partial charge in [-0.05, 0) is 29.7 Å². The minimum atomic E-state index is -4.67. The van der Waals surface area contributed by atoms with E-state index in [0.717, 1.165) is 6.07 Å². The standard InChI is InChI=1S/C10H7BN2O7S2/c11-13-12-9-8(22(16,17)18)4-5-3-6(21-20-19-15)1-2-7(5)10(9)14/h1-4,14-15H,(H,16,17,18). The molecule has 0 saturated carbocycles. The van der Waals surface area contributed by atoms with Crippen molar-refractivity contribution < 1.29 is 32.7 Å². The van der Waals surface area contributed by atoms with Crippen LogP contribution >= 0.6 is 12.0 Å². The first-order valence-electron chi connectivity index (χ1n) is 5.41. The van der Waals surface area contributed by atoms with E-state index >= 15 is 0 Å². The molecular formula is C10H7BN2O7S2. The zero-order valence-electron chi connectivity index (χ0n) is 10.6. The van der Waals surface area contributed by atoms with Gasteiger partial charge in [0.15, 0.2) is 5.75 Å². The molecule has 0 unspecified atom stereocenters. The van der Waals surface area contributed by atoms with Crippen LogP contribution in [0.2, 0.25) is 0 Å². The highest BCUT2D eigenvalue weighted by Gasteiger charge is 2.21. The van der Waals surface area contributed by atoms with Crippen LogP contribution in [-0.2, 0) is 19.5 Å². The average Bonchev–Trinajstić information content (AvgIpc) is 2.46. The number of phenolic OH excluding ortho intramolecular Hbond substituents is 1. The first-order valence-corrected chi connectivity index (χ1v) is 7.59. The molecule has 0 spiro atoms. The van der Waals surface area contributed by atoms with Crippen molar-refractivity contribution in [2.45, 2.75) is 9.79 Å². The number of aromatic hydroxyl groups is 1. The molecule has 0 saturated heterocycles. The van der Waals surface area contributed by atoms with Crippen LogP contribution in [0.25, 0.3) is 10.8 Å². The number of nitrogens with zero attached hydrogens (tertiary/aromatic N) is 2. The third-order valence-electron chi connectivity index (χ3n) is 2.62. The van der Waals surface area contributed by atoms with Crippen LogP contribution in [-0.4, -0.2) is 31.3 Å². The fourth-order valence-corrected chi connectivity index (χ4v) is 2.85. The van der Waals surface area contributed by atoms with Crippen LogP contribution in [0.4, 0.5) is 5.69 Å². The van der Waals surface area contributed by atoms with E-state index in [1.165, 1.54) is 18.2 Å². The van der Waals surface area contributed by atoms with E-state index in [9.17, 15) is 18.1 Å². The number of phenols is 1. The molecule has 0 bridgehead atoms. The van der Waals surface area contributed by atoms with Gasteiger partial charge in [-0.2, -0.15) is 13.5 Å². The zero-order valence-corrected chi connectivity index (χ0v) is 12.2. The monoisotopic (exact) mass is 342 g/mol. The lowest BCUT2D eigenvalue weighted by Gasteiger charge is -2.09. The summed E-state index contributed by atoms with van der Waals surface area (Å²) in [5, 5.41) is 28.4. The third kappa shape index (κ3) is 3.37. The van der Waals surface area contributed by atoms with Crippen LogP contribution in [0, 0.1) is 0 Å². The Balaban J connectivity index is 2.73. The van der Waals surface area contributed by atoms with Crippen LogP contribution in [0.5, 0.6) is 5.75 Å². The number of hydrogen-bond donors (Lipinski definition) is 3. The maximum atomic E-state index is 11.4. The molecule has 114 valence electrons. The molecule has 2 rings (SSSR count). The van der Waals surface area contributed by atoms with E-state index in [4.69, 9.17) is 13.2 Å². The molecule has 3 N–H and O–H groups in total. The molecule has 9 nitrogen and oxygen atoms in total. The van der Waals surface area contributed by atoms with Gasteiger partial charge in [0.25, 0.3) is 18.1 Å². The Morgan fingerprint density at radius 2 is 2.00 bits per heavy atom. The quantitative estimate of drug-likeness (QED) is 0.188. The van der Waals surface area contributed by atoms with Gasteiger partial charge in [-0.25, -0.2) is 5.26 Å². The lowest BCUT2D eigenvalue weighted by Crippen LogP contribution is -1.99. The molecular weight excluding hydrogens is 335 g/mol. The highest BCUT2D eigenvalue weighted by molar-refractivity contribution is 7.94. The summed E-state index contributed by atoms with van der Waals surface area (Å²) in [6.45, 7) is 0. The first kappa shape index (κ1) is 16.7. The van der Waals surface area contributed by atoms with Crippen molar-refractivity contribution in [2.75, 3.05) is 0 Å². The van der Waals surface area contributed by atoms with E-state index in [1.807, 2.05) is 0 Å². The minimum Gasteiger partial charge on any atom is -0.505 e.